The summed E-state index contributed by atoms with van der Waals surface area (Å²) < 4.78 is 7.15. The van der Waals surface area contributed by atoms with Crippen LogP contribution < -0.4 is 5.56 Å². The van der Waals surface area contributed by atoms with E-state index in [0.717, 1.165) is 16.6 Å². The monoisotopic (exact) mass is 366 g/mol. The van der Waals surface area contributed by atoms with Gasteiger partial charge in [0.15, 0.2) is 0 Å². The van der Waals surface area contributed by atoms with E-state index in [1.807, 2.05) is 60.7 Å². The highest BCUT2D eigenvalue weighted by atomic mass is 16.5. The summed E-state index contributed by atoms with van der Waals surface area (Å²) in [4.78, 5) is 21.6. The molecule has 0 aliphatic rings. The van der Waals surface area contributed by atoms with Crippen molar-refractivity contribution in [3.63, 3.8) is 0 Å². The minimum Gasteiger partial charge on any atom is -0.334 e. The molecule has 0 saturated heterocycles. The van der Waals surface area contributed by atoms with Gasteiger partial charge in [-0.1, -0.05) is 41.6 Å². The lowest BCUT2D eigenvalue weighted by molar-refractivity contribution is 0.432. The lowest BCUT2D eigenvalue weighted by Gasteiger charge is -2.10. The van der Waals surface area contributed by atoms with Gasteiger partial charge in [-0.3, -0.25) is 14.3 Å². The maximum absolute atomic E-state index is 13.0. The van der Waals surface area contributed by atoms with E-state index in [9.17, 15) is 4.79 Å². The molecular weight excluding hydrogens is 352 g/mol. The first kappa shape index (κ1) is 16.1. The summed E-state index contributed by atoms with van der Waals surface area (Å²) in [6, 6.07) is 20.5. The zero-order valence-corrected chi connectivity index (χ0v) is 14.7. The predicted octanol–water partition coefficient (Wildman–Crippen LogP) is 4.10. The van der Waals surface area contributed by atoms with Crippen molar-refractivity contribution in [2.45, 2.75) is 0 Å². The summed E-state index contributed by atoms with van der Waals surface area (Å²) in [7, 11) is 0. The largest absolute Gasteiger partial charge is 0.334 e. The molecule has 0 radical (unpaired) electrons. The van der Waals surface area contributed by atoms with Crippen LogP contribution in [0.2, 0.25) is 0 Å². The molecule has 28 heavy (non-hydrogen) atoms. The van der Waals surface area contributed by atoms with Crippen LogP contribution in [0.15, 0.2) is 94.6 Å². The second kappa shape index (κ2) is 6.59. The SMILES string of the molecule is O=c1c2ccccc2c(-c2nc(-c3ccncc3)no2)cn1-c1ccccc1. The van der Waals surface area contributed by atoms with Crippen molar-refractivity contribution in [1.82, 2.24) is 19.7 Å². The quantitative estimate of drug-likeness (QED) is 0.480. The molecule has 5 rings (SSSR count). The molecule has 6 nitrogen and oxygen atoms in total. The minimum absolute atomic E-state index is 0.0978. The molecule has 0 N–H and O–H groups in total. The van der Waals surface area contributed by atoms with E-state index in [0.29, 0.717) is 22.7 Å². The van der Waals surface area contributed by atoms with Crippen LogP contribution in [0.3, 0.4) is 0 Å². The molecule has 0 saturated carbocycles. The standard InChI is InChI=1S/C22H14N4O2/c27-22-18-9-5-4-8-17(18)19(14-26(22)16-6-2-1-3-7-16)21-24-20(25-28-21)15-10-12-23-13-11-15/h1-14H. The number of benzene rings is 2. The zero-order valence-electron chi connectivity index (χ0n) is 14.7. The maximum atomic E-state index is 13.0. The van der Waals surface area contributed by atoms with Gasteiger partial charge >= 0.3 is 0 Å². The lowest BCUT2D eigenvalue weighted by Crippen LogP contribution is -2.18. The van der Waals surface area contributed by atoms with Crippen molar-refractivity contribution >= 4 is 10.8 Å². The van der Waals surface area contributed by atoms with Gasteiger partial charge in [0.05, 0.1) is 5.56 Å². The van der Waals surface area contributed by atoms with Crippen LogP contribution in [-0.4, -0.2) is 19.7 Å². The highest BCUT2D eigenvalue weighted by Gasteiger charge is 2.17. The number of hydrogen-bond donors (Lipinski definition) is 0. The molecule has 134 valence electrons. The predicted molar refractivity (Wildman–Crippen MR) is 106 cm³/mol. The van der Waals surface area contributed by atoms with Gasteiger partial charge in [-0.05, 0) is 30.3 Å². The van der Waals surface area contributed by atoms with Crippen molar-refractivity contribution in [3.8, 4) is 28.5 Å². The van der Waals surface area contributed by atoms with E-state index in [1.54, 1.807) is 29.2 Å². The Balaban J connectivity index is 1.75. The Kier molecular flexibility index (Phi) is 3.80. The molecule has 2 aromatic carbocycles. The van der Waals surface area contributed by atoms with E-state index in [2.05, 4.69) is 15.1 Å². The molecule has 0 atom stereocenters. The molecule has 0 aliphatic heterocycles. The van der Waals surface area contributed by atoms with Crippen LogP contribution >= 0.6 is 0 Å². The molecule has 5 aromatic rings. The average molecular weight is 366 g/mol. The molecule has 0 unspecified atom stereocenters. The third-order valence-corrected chi connectivity index (χ3v) is 4.55. The number of para-hydroxylation sites is 1. The van der Waals surface area contributed by atoms with Gasteiger partial charge in [-0.15, -0.1) is 0 Å². The molecule has 0 amide bonds. The topological polar surface area (TPSA) is 73.8 Å². The van der Waals surface area contributed by atoms with Gasteiger partial charge in [-0.2, -0.15) is 4.98 Å². The second-order valence-corrected chi connectivity index (χ2v) is 6.26. The van der Waals surface area contributed by atoms with E-state index < -0.39 is 0 Å². The van der Waals surface area contributed by atoms with E-state index in [-0.39, 0.29) is 5.56 Å². The molecule has 0 bridgehead atoms. The molecule has 3 aromatic heterocycles. The van der Waals surface area contributed by atoms with E-state index in [4.69, 9.17) is 4.52 Å². The molecule has 0 spiro atoms. The van der Waals surface area contributed by atoms with Gasteiger partial charge in [0.25, 0.3) is 11.4 Å². The van der Waals surface area contributed by atoms with Gasteiger partial charge in [-0.25, -0.2) is 0 Å². The fraction of sp³-hybridized carbons (Fsp3) is 0. The van der Waals surface area contributed by atoms with E-state index in [1.165, 1.54) is 0 Å². The fourth-order valence-electron chi connectivity index (χ4n) is 3.19. The van der Waals surface area contributed by atoms with Crippen LogP contribution in [0.5, 0.6) is 0 Å². The smallest absolute Gasteiger partial charge is 0.262 e. The summed E-state index contributed by atoms with van der Waals surface area (Å²) >= 11 is 0. The number of hydrogen-bond acceptors (Lipinski definition) is 5. The number of aromatic nitrogens is 4. The molecule has 3 heterocycles. The van der Waals surface area contributed by atoms with Crippen LogP contribution in [0.25, 0.3) is 39.3 Å². The molecular formula is C22H14N4O2. The van der Waals surface area contributed by atoms with Gasteiger partial charge < -0.3 is 4.52 Å². The number of pyridine rings is 2. The van der Waals surface area contributed by atoms with Crippen molar-refractivity contribution in [2.24, 2.45) is 0 Å². The Morgan fingerprint density at radius 2 is 1.54 bits per heavy atom. The van der Waals surface area contributed by atoms with Gasteiger partial charge in [0.1, 0.15) is 0 Å². The summed E-state index contributed by atoms with van der Waals surface area (Å²) in [5.41, 5.74) is 2.19. The number of nitrogens with zero attached hydrogens (tertiary/aromatic N) is 4. The summed E-state index contributed by atoms with van der Waals surface area (Å²) in [6.07, 6.45) is 5.11. The average Bonchev–Trinajstić information content (AvgIpc) is 3.26. The highest BCUT2D eigenvalue weighted by molar-refractivity contribution is 5.94. The Morgan fingerprint density at radius 3 is 2.32 bits per heavy atom. The number of rotatable bonds is 3. The van der Waals surface area contributed by atoms with Crippen molar-refractivity contribution in [3.05, 3.63) is 95.7 Å². The van der Waals surface area contributed by atoms with Crippen molar-refractivity contribution < 1.29 is 4.52 Å². The Labute approximate surface area is 159 Å². The Hall–Kier alpha value is -4.06. The third-order valence-electron chi connectivity index (χ3n) is 4.55. The first-order valence-corrected chi connectivity index (χ1v) is 8.75. The normalized spacial score (nSPS) is 11.0. The fourth-order valence-corrected chi connectivity index (χ4v) is 3.19. The highest BCUT2D eigenvalue weighted by Crippen LogP contribution is 2.28. The van der Waals surface area contributed by atoms with E-state index >= 15 is 0 Å². The van der Waals surface area contributed by atoms with Gasteiger partial charge in [0.2, 0.25) is 5.82 Å². The maximum Gasteiger partial charge on any atom is 0.262 e. The molecule has 0 aliphatic carbocycles. The Bertz CT molecular complexity index is 1330. The van der Waals surface area contributed by atoms with Gasteiger partial charge in [0, 0.05) is 40.6 Å². The lowest BCUT2D eigenvalue weighted by atomic mass is 10.1. The van der Waals surface area contributed by atoms with Crippen LogP contribution in [0.4, 0.5) is 0 Å². The van der Waals surface area contributed by atoms with Crippen molar-refractivity contribution in [1.29, 1.82) is 0 Å². The first-order chi connectivity index (χ1) is 13.8. The summed E-state index contributed by atoms with van der Waals surface area (Å²) in [6.45, 7) is 0. The van der Waals surface area contributed by atoms with Crippen molar-refractivity contribution in [2.75, 3.05) is 0 Å². The molecule has 6 heteroatoms. The minimum atomic E-state index is -0.0978. The first-order valence-electron chi connectivity index (χ1n) is 8.75. The number of fused-ring (bicyclic) bond motifs is 1. The van der Waals surface area contributed by atoms with Crippen LogP contribution in [-0.2, 0) is 0 Å². The summed E-state index contributed by atoms with van der Waals surface area (Å²) in [5, 5.41) is 5.45. The summed E-state index contributed by atoms with van der Waals surface area (Å²) in [5.74, 6) is 0.826. The second-order valence-electron chi connectivity index (χ2n) is 6.26. The van der Waals surface area contributed by atoms with Crippen LogP contribution in [0, 0.1) is 0 Å². The zero-order chi connectivity index (χ0) is 18.9. The Morgan fingerprint density at radius 1 is 0.821 bits per heavy atom. The third kappa shape index (κ3) is 2.68. The van der Waals surface area contributed by atoms with Crippen LogP contribution in [0.1, 0.15) is 0 Å². The molecule has 0 fully saturated rings.